The van der Waals surface area contributed by atoms with E-state index in [4.69, 9.17) is 0 Å². The van der Waals surface area contributed by atoms with Crippen LogP contribution in [-0.4, -0.2) is 6.54 Å². The van der Waals surface area contributed by atoms with Gasteiger partial charge in [-0.05, 0) is 24.0 Å². The van der Waals surface area contributed by atoms with Gasteiger partial charge in [0.1, 0.15) is 11.6 Å². The summed E-state index contributed by atoms with van der Waals surface area (Å²) in [5, 5.41) is 3.00. The highest BCUT2D eigenvalue weighted by atomic mass is 19.1. The molecule has 1 rings (SSSR count). The molecule has 3 heteroatoms. The summed E-state index contributed by atoms with van der Waals surface area (Å²) >= 11 is 0. The first-order chi connectivity index (χ1) is 6.87. The molecule has 0 fully saturated rings. The quantitative estimate of drug-likeness (QED) is 0.805. The van der Waals surface area contributed by atoms with Crippen molar-refractivity contribution >= 4 is 5.69 Å². The van der Waals surface area contributed by atoms with E-state index in [9.17, 15) is 8.78 Å². The maximum Gasteiger partial charge on any atom is 0.128 e. The summed E-state index contributed by atoms with van der Waals surface area (Å²) in [4.78, 5) is 0. The van der Waals surface area contributed by atoms with Crippen molar-refractivity contribution in [3.63, 3.8) is 0 Å². The van der Waals surface area contributed by atoms with E-state index in [-0.39, 0.29) is 5.41 Å². The second kappa shape index (κ2) is 4.60. The summed E-state index contributed by atoms with van der Waals surface area (Å²) in [6.07, 6.45) is 0.950. The Kier molecular flexibility index (Phi) is 3.66. The van der Waals surface area contributed by atoms with Gasteiger partial charge in [0.25, 0.3) is 0 Å². The third-order valence-corrected chi connectivity index (χ3v) is 2.07. The molecule has 1 nitrogen and oxygen atoms in total. The summed E-state index contributed by atoms with van der Waals surface area (Å²) in [6.45, 7) is 7.09. The fourth-order valence-electron chi connectivity index (χ4n) is 1.24. The molecule has 84 valence electrons. The minimum Gasteiger partial charge on any atom is -0.385 e. The van der Waals surface area contributed by atoms with Crippen molar-refractivity contribution < 1.29 is 8.78 Å². The first kappa shape index (κ1) is 12.0. The third kappa shape index (κ3) is 4.77. The van der Waals surface area contributed by atoms with Crippen LogP contribution in [0.4, 0.5) is 14.5 Å². The second-order valence-corrected chi connectivity index (χ2v) is 4.90. The van der Waals surface area contributed by atoms with Crippen LogP contribution in [0.5, 0.6) is 0 Å². The number of benzene rings is 1. The Bertz CT molecular complexity index is 309. The fourth-order valence-corrected chi connectivity index (χ4v) is 1.24. The molecule has 0 aliphatic carbocycles. The molecule has 1 aromatic rings. The number of anilines is 1. The number of rotatable bonds is 3. The standard InChI is InChI=1S/C12H17F2N/c1-12(2,3)4-5-15-11-7-9(13)6-10(14)8-11/h6-8,15H,4-5H2,1-3H3. The van der Waals surface area contributed by atoms with E-state index in [0.29, 0.717) is 12.2 Å². The van der Waals surface area contributed by atoms with Crippen molar-refractivity contribution in [3.05, 3.63) is 29.8 Å². The van der Waals surface area contributed by atoms with Gasteiger partial charge in [0, 0.05) is 18.3 Å². The van der Waals surface area contributed by atoms with Gasteiger partial charge in [0.05, 0.1) is 0 Å². The fraction of sp³-hybridized carbons (Fsp3) is 0.500. The van der Waals surface area contributed by atoms with Gasteiger partial charge in [-0.15, -0.1) is 0 Å². The number of halogens is 2. The predicted molar refractivity (Wildman–Crippen MR) is 58.9 cm³/mol. The summed E-state index contributed by atoms with van der Waals surface area (Å²) in [5.41, 5.74) is 0.718. The first-order valence-electron chi connectivity index (χ1n) is 5.07. The van der Waals surface area contributed by atoms with Gasteiger partial charge in [0.2, 0.25) is 0 Å². The maximum absolute atomic E-state index is 12.8. The average Bonchev–Trinajstić information content (AvgIpc) is 1.99. The van der Waals surface area contributed by atoms with Crippen molar-refractivity contribution in [3.8, 4) is 0 Å². The molecule has 0 aromatic heterocycles. The molecule has 0 radical (unpaired) electrons. The largest absolute Gasteiger partial charge is 0.385 e. The molecule has 1 aromatic carbocycles. The maximum atomic E-state index is 12.8. The molecule has 0 aliphatic heterocycles. The van der Waals surface area contributed by atoms with Crippen LogP contribution >= 0.6 is 0 Å². The summed E-state index contributed by atoms with van der Waals surface area (Å²) < 4.78 is 25.6. The van der Waals surface area contributed by atoms with Crippen LogP contribution in [-0.2, 0) is 0 Å². The van der Waals surface area contributed by atoms with E-state index in [1.807, 2.05) is 0 Å². The van der Waals surface area contributed by atoms with Crippen LogP contribution in [0.25, 0.3) is 0 Å². The minimum absolute atomic E-state index is 0.221. The van der Waals surface area contributed by atoms with Gasteiger partial charge in [0.15, 0.2) is 0 Å². The monoisotopic (exact) mass is 213 g/mol. The van der Waals surface area contributed by atoms with Crippen molar-refractivity contribution in [1.82, 2.24) is 0 Å². The SMILES string of the molecule is CC(C)(C)CCNc1cc(F)cc(F)c1. The first-order valence-corrected chi connectivity index (χ1v) is 5.07. The number of hydrogen-bond acceptors (Lipinski definition) is 1. The van der Waals surface area contributed by atoms with Crippen molar-refractivity contribution in [2.45, 2.75) is 27.2 Å². The molecule has 0 saturated carbocycles. The highest BCUT2D eigenvalue weighted by molar-refractivity contribution is 5.43. The highest BCUT2D eigenvalue weighted by Gasteiger charge is 2.09. The van der Waals surface area contributed by atoms with Crippen LogP contribution in [0.1, 0.15) is 27.2 Å². The van der Waals surface area contributed by atoms with Gasteiger partial charge in [-0.2, -0.15) is 0 Å². The van der Waals surface area contributed by atoms with Crippen molar-refractivity contribution in [2.75, 3.05) is 11.9 Å². The third-order valence-electron chi connectivity index (χ3n) is 2.07. The molecule has 0 heterocycles. The zero-order chi connectivity index (χ0) is 11.5. The summed E-state index contributed by atoms with van der Waals surface area (Å²) in [6, 6.07) is 3.46. The molecule has 0 spiro atoms. The molecule has 1 N–H and O–H groups in total. The van der Waals surface area contributed by atoms with Crippen molar-refractivity contribution in [1.29, 1.82) is 0 Å². The van der Waals surface area contributed by atoms with E-state index in [0.717, 1.165) is 12.5 Å². The van der Waals surface area contributed by atoms with Gasteiger partial charge >= 0.3 is 0 Å². The highest BCUT2D eigenvalue weighted by Crippen LogP contribution is 2.19. The molecular formula is C12H17F2N. The summed E-state index contributed by atoms with van der Waals surface area (Å²) in [7, 11) is 0. The van der Waals surface area contributed by atoms with Crippen LogP contribution in [0, 0.1) is 17.0 Å². The zero-order valence-electron chi connectivity index (χ0n) is 9.40. The Hall–Kier alpha value is -1.12. The van der Waals surface area contributed by atoms with E-state index in [1.54, 1.807) is 0 Å². The molecule has 0 amide bonds. The molecule has 0 unspecified atom stereocenters. The molecular weight excluding hydrogens is 196 g/mol. The molecule has 0 saturated heterocycles. The lowest BCUT2D eigenvalue weighted by atomic mass is 9.92. The Labute approximate surface area is 89.5 Å². The normalized spacial score (nSPS) is 11.5. The number of nitrogens with one attached hydrogen (secondary N) is 1. The Balaban J connectivity index is 2.51. The lowest BCUT2D eigenvalue weighted by molar-refractivity contribution is 0.390. The number of hydrogen-bond donors (Lipinski definition) is 1. The Morgan fingerprint density at radius 3 is 2.07 bits per heavy atom. The van der Waals surface area contributed by atoms with Crippen molar-refractivity contribution in [2.24, 2.45) is 5.41 Å². The Morgan fingerprint density at radius 2 is 1.60 bits per heavy atom. The molecule has 15 heavy (non-hydrogen) atoms. The van der Waals surface area contributed by atoms with Gasteiger partial charge in [-0.1, -0.05) is 20.8 Å². The lowest BCUT2D eigenvalue weighted by Gasteiger charge is -2.18. The smallest absolute Gasteiger partial charge is 0.128 e. The van der Waals surface area contributed by atoms with Crippen LogP contribution < -0.4 is 5.32 Å². The van der Waals surface area contributed by atoms with E-state index < -0.39 is 11.6 Å². The van der Waals surface area contributed by atoms with Crippen LogP contribution in [0.2, 0.25) is 0 Å². The van der Waals surface area contributed by atoms with Gasteiger partial charge < -0.3 is 5.32 Å². The van der Waals surface area contributed by atoms with Crippen LogP contribution in [0.3, 0.4) is 0 Å². The average molecular weight is 213 g/mol. The van der Waals surface area contributed by atoms with E-state index >= 15 is 0 Å². The van der Waals surface area contributed by atoms with Crippen LogP contribution in [0.15, 0.2) is 18.2 Å². The lowest BCUT2D eigenvalue weighted by Crippen LogP contribution is -2.12. The topological polar surface area (TPSA) is 12.0 Å². The van der Waals surface area contributed by atoms with E-state index in [1.165, 1.54) is 12.1 Å². The molecule has 0 atom stereocenters. The van der Waals surface area contributed by atoms with E-state index in [2.05, 4.69) is 26.1 Å². The van der Waals surface area contributed by atoms with Gasteiger partial charge in [-0.25, -0.2) is 8.78 Å². The second-order valence-electron chi connectivity index (χ2n) is 4.90. The minimum atomic E-state index is -0.548. The Morgan fingerprint density at radius 1 is 1.07 bits per heavy atom. The molecule has 0 bridgehead atoms. The summed E-state index contributed by atoms with van der Waals surface area (Å²) in [5.74, 6) is -1.10. The zero-order valence-corrected chi connectivity index (χ0v) is 9.40. The molecule has 0 aliphatic rings. The van der Waals surface area contributed by atoms with Gasteiger partial charge in [-0.3, -0.25) is 0 Å². The predicted octanol–water partition coefficient (Wildman–Crippen LogP) is 3.81.